The van der Waals surface area contributed by atoms with Crippen molar-refractivity contribution >= 4 is 41.1 Å². The van der Waals surface area contributed by atoms with Crippen LogP contribution in [0.2, 0.25) is 0 Å². The summed E-state index contributed by atoms with van der Waals surface area (Å²) in [6.45, 7) is 0. The van der Waals surface area contributed by atoms with Gasteiger partial charge in [-0.25, -0.2) is 14.6 Å². The fourth-order valence-electron chi connectivity index (χ4n) is 4.17. The molecule has 0 bridgehead atoms. The Balaban J connectivity index is 1.89. The summed E-state index contributed by atoms with van der Waals surface area (Å²) >= 11 is 0. The summed E-state index contributed by atoms with van der Waals surface area (Å²) in [5, 5.41) is 1.81. The van der Waals surface area contributed by atoms with Crippen molar-refractivity contribution in [2.75, 3.05) is 18.8 Å². The van der Waals surface area contributed by atoms with E-state index in [1.165, 1.54) is 0 Å². The lowest BCUT2D eigenvalue weighted by Gasteiger charge is -2.10. The Labute approximate surface area is 197 Å². The van der Waals surface area contributed by atoms with E-state index >= 15 is 0 Å². The van der Waals surface area contributed by atoms with Crippen LogP contribution >= 0.6 is 8.16 Å². The molecule has 0 unspecified atom stereocenters. The van der Waals surface area contributed by atoms with Gasteiger partial charge in [-0.1, -0.05) is 72.8 Å². The van der Waals surface area contributed by atoms with Crippen molar-refractivity contribution in [1.29, 1.82) is 0 Å². The van der Waals surface area contributed by atoms with Crippen LogP contribution in [0.4, 0.5) is 0 Å². The molecule has 2 aromatic heterocycles. The van der Waals surface area contributed by atoms with E-state index in [9.17, 15) is 0 Å². The van der Waals surface area contributed by atoms with Gasteiger partial charge in [-0.05, 0) is 24.3 Å². The quantitative estimate of drug-likeness (QED) is 0.268. The van der Waals surface area contributed by atoms with Gasteiger partial charge in [0.2, 0.25) is 0 Å². The van der Waals surface area contributed by atoms with Crippen LogP contribution in [0.3, 0.4) is 0 Å². The van der Waals surface area contributed by atoms with Gasteiger partial charge < -0.3 is 8.39 Å². The molecule has 6 heteroatoms. The van der Waals surface area contributed by atoms with E-state index in [4.69, 9.17) is 18.4 Å². The van der Waals surface area contributed by atoms with Crippen LogP contribution in [-0.2, 0) is 0 Å². The zero-order valence-corrected chi connectivity index (χ0v) is 19.7. The van der Waals surface area contributed by atoms with Crippen LogP contribution in [0.5, 0.6) is 0 Å². The molecule has 0 aliphatic rings. The van der Waals surface area contributed by atoms with Gasteiger partial charge in [0.05, 0.1) is 33.2 Å². The Bertz CT molecular complexity index is 1560. The molecule has 0 spiro atoms. The average molecular weight is 463 g/mol. The predicted octanol–water partition coefficient (Wildman–Crippen LogP) is 7.76. The first-order chi connectivity index (χ1) is 16.7. The van der Waals surface area contributed by atoms with Crippen LogP contribution in [0.1, 0.15) is 0 Å². The van der Waals surface area contributed by atoms with Crippen molar-refractivity contribution in [1.82, 2.24) is 9.97 Å². The number of aromatic nitrogens is 2. The van der Waals surface area contributed by atoms with Gasteiger partial charge in [0, 0.05) is 25.2 Å². The molecule has 0 fully saturated rings. The second-order valence-corrected chi connectivity index (χ2v) is 9.86. The first-order valence-electron chi connectivity index (χ1n) is 11.1. The zero-order chi connectivity index (χ0) is 23.1. The number of rotatable bonds is 3. The molecule has 6 rings (SSSR count). The van der Waals surface area contributed by atoms with Gasteiger partial charge in [0.15, 0.2) is 0 Å². The van der Waals surface area contributed by atoms with Gasteiger partial charge in [-0.15, -0.1) is 0 Å². The third kappa shape index (κ3) is 3.56. The van der Waals surface area contributed by atoms with Gasteiger partial charge in [0.25, 0.3) is 0 Å². The number of nitrogens with zero attached hydrogens (tertiary/aromatic N) is 3. The summed E-state index contributed by atoms with van der Waals surface area (Å²) in [5.74, 6) is 0. The normalized spacial score (nSPS) is 11.5. The van der Waals surface area contributed by atoms with Crippen molar-refractivity contribution < 1.29 is 8.39 Å². The summed E-state index contributed by atoms with van der Waals surface area (Å²) in [6, 6.07) is 32.4. The van der Waals surface area contributed by atoms with Crippen LogP contribution in [0.15, 0.2) is 105 Å². The van der Waals surface area contributed by atoms with Gasteiger partial charge in [0.1, 0.15) is 11.2 Å². The Morgan fingerprint density at radius 3 is 1.41 bits per heavy atom. The minimum Gasteiger partial charge on any atom is -0.408 e. The predicted molar refractivity (Wildman–Crippen MR) is 140 cm³/mol. The first-order valence-corrected chi connectivity index (χ1v) is 12.2. The van der Waals surface area contributed by atoms with Gasteiger partial charge in [-0.3, -0.25) is 0 Å². The second-order valence-electron chi connectivity index (χ2n) is 8.22. The topological polar surface area (TPSA) is 55.3 Å². The lowest BCUT2D eigenvalue weighted by molar-refractivity contribution is 0.635. The molecule has 2 heterocycles. The number of hydrogen-bond acceptors (Lipinski definition) is 5. The van der Waals surface area contributed by atoms with Crippen LogP contribution < -0.4 is 4.67 Å². The Hall–Kier alpha value is -3.92. The van der Waals surface area contributed by atoms with Crippen LogP contribution in [-0.4, -0.2) is 24.1 Å². The molecule has 34 heavy (non-hydrogen) atoms. The molecular formula is C28H22N3O2P. The minimum absolute atomic E-state index is 0.748. The van der Waals surface area contributed by atoms with Crippen LogP contribution in [0.25, 0.3) is 55.5 Å². The Morgan fingerprint density at radius 1 is 0.559 bits per heavy atom. The molecule has 166 valence electrons. The van der Waals surface area contributed by atoms with E-state index in [1.54, 1.807) is 0 Å². The molecule has 0 radical (unpaired) electrons. The number of benzene rings is 4. The first kappa shape index (κ1) is 20.7. The standard InChI is InChI=1S/C28H22N3O2P/c1-31(2)34-32-23-17-9-15-21-25(23)26-22(16-10-18-24(26)33-34)30-28(20-13-7-4-8-14-20)27(29-21)19-11-5-3-6-12-19/h3-18H,1-2H3. The van der Waals surface area contributed by atoms with Gasteiger partial charge in [-0.2, -0.15) is 0 Å². The average Bonchev–Trinajstić information content (AvgIpc) is 3.04. The molecule has 0 N–H and O–H groups in total. The molecule has 0 saturated heterocycles. The fraction of sp³-hybridized carbons (Fsp3) is 0.0714. The monoisotopic (exact) mass is 463 g/mol. The molecule has 5 nitrogen and oxygen atoms in total. The largest absolute Gasteiger partial charge is 0.408 e. The summed E-state index contributed by atoms with van der Waals surface area (Å²) in [6.07, 6.45) is 0. The van der Waals surface area contributed by atoms with E-state index in [0.29, 0.717) is 0 Å². The summed E-state index contributed by atoms with van der Waals surface area (Å²) in [4.78, 5) is 10.4. The second kappa shape index (κ2) is 8.45. The smallest absolute Gasteiger partial charge is 0.309 e. The maximum Gasteiger partial charge on any atom is 0.309 e. The van der Waals surface area contributed by atoms with Crippen LogP contribution in [0, 0.1) is 0 Å². The third-order valence-electron chi connectivity index (χ3n) is 5.72. The lowest BCUT2D eigenvalue weighted by Crippen LogP contribution is -2.02. The molecule has 6 aromatic rings. The van der Waals surface area contributed by atoms with E-state index in [2.05, 4.69) is 24.3 Å². The van der Waals surface area contributed by atoms with Crippen molar-refractivity contribution in [3.63, 3.8) is 0 Å². The van der Waals surface area contributed by atoms with E-state index in [1.807, 2.05) is 91.6 Å². The molecule has 0 amide bonds. The third-order valence-corrected chi connectivity index (χ3v) is 7.08. The molecule has 0 aliphatic heterocycles. The molecule has 0 atom stereocenters. The van der Waals surface area contributed by atoms with Crippen molar-refractivity contribution in [2.24, 2.45) is 0 Å². The molecule has 0 saturated carbocycles. The van der Waals surface area contributed by atoms with Crippen molar-refractivity contribution in [2.45, 2.75) is 0 Å². The highest BCUT2D eigenvalue weighted by atomic mass is 31.1. The number of hydrogen-bond donors (Lipinski definition) is 0. The SMILES string of the molecule is CN(C)p1oc2cccc3nc(-c4ccccc4)c(-c4ccccc4)nc4cccc(o1)c4c32. The van der Waals surface area contributed by atoms with Crippen molar-refractivity contribution in [3.8, 4) is 22.5 Å². The highest BCUT2D eigenvalue weighted by Crippen LogP contribution is 2.39. The van der Waals surface area contributed by atoms with E-state index in [-0.39, 0.29) is 0 Å². The van der Waals surface area contributed by atoms with Gasteiger partial charge >= 0.3 is 8.16 Å². The fourth-order valence-corrected chi connectivity index (χ4v) is 5.18. The molecule has 4 aromatic carbocycles. The van der Waals surface area contributed by atoms with Crippen molar-refractivity contribution in [3.05, 3.63) is 97.1 Å². The zero-order valence-electron chi connectivity index (χ0n) is 18.8. The maximum absolute atomic E-state index is 6.37. The molecule has 0 aliphatic carbocycles. The maximum atomic E-state index is 6.37. The summed E-state index contributed by atoms with van der Waals surface area (Å²) < 4.78 is 14.7. The summed E-state index contributed by atoms with van der Waals surface area (Å²) in [5.41, 5.74) is 6.79. The summed E-state index contributed by atoms with van der Waals surface area (Å²) in [7, 11) is 2.60. The Kier molecular flexibility index (Phi) is 5.14. The molecular weight excluding hydrogens is 441 g/mol. The van der Waals surface area contributed by atoms with E-state index < -0.39 is 8.16 Å². The van der Waals surface area contributed by atoms with E-state index in [0.717, 1.165) is 55.5 Å². The highest BCUT2D eigenvalue weighted by molar-refractivity contribution is 7.38. The Morgan fingerprint density at radius 2 is 1.00 bits per heavy atom. The minimum atomic E-state index is -1.32. The highest BCUT2D eigenvalue weighted by Gasteiger charge is 2.16. The lowest BCUT2D eigenvalue weighted by atomic mass is 10.0.